The van der Waals surface area contributed by atoms with E-state index < -0.39 is 6.04 Å². The van der Waals surface area contributed by atoms with E-state index in [1.54, 1.807) is 23.4 Å². The van der Waals surface area contributed by atoms with Gasteiger partial charge in [0, 0.05) is 36.9 Å². The van der Waals surface area contributed by atoms with Crippen LogP contribution in [-0.4, -0.2) is 27.7 Å². The number of hydrogen-bond acceptors (Lipinski definition) is 3. The second-order valence-electron chi connectivity index (χ2n) is 5.75. The number of rotatable bonds is 5. The first-order valence-electron chi connectivity index (χ1n) is 7.84. The Morgan fingerprint density at radius 2 is 2.12 bits per heavy atom. The van der Waals surface area contributed by atoms with Crippen LogP contribution in [0.5, 0.6) is 0 Å². The summed E-state index contributed by atoms with van der Waals surface area (Å²) in [6.45, 7) is 0.751. The van der Waals surface area contributed by atoms with Gasteiger partial charge in [0.15, 0.2) is 0 Å². The Bertz CT molecular complexity index is 736. The summed E-state index contributed by atoms with van der Waals surface area (Å²) in [5.41, 5.74) is 1.77. The highest BCUT2D eigenvalue weighted by Crippen LogP contribution is 2.24. The zero-order chi connectivity index (χ0) is 16.9. The molecule has 1 aromatic heterocycles. The van der Waals surface area contributed by atoms with Crippen molar-refractivity contribution in [2.75, 3.05) is 0 Å². The number of aromatic nitrogens is 1. The molecule has 24 heavy (non-hydrogen) atoms. The fraction of sp³-hybridized carbons (Fsp3) is 0.278. The molecule has 0 bridgehead atoms. The van der Waals surface area contributed by atoms with E-state index in [1.165, 1.54) is 0 Å². The normalized spacial score (nSPS) is 17.1. The number of benzene rings is 1. The van der Waals surface area contributed by atoms with Gasteiger partial charge in [-0.3, -0.25) is 14.6 Å². The molecule has 6 heteroatoms. The van der Waals surface area contributed by atoms with E-state index in [9.17, 15) is 9.59 Å². The first-order valence-corrected chi connectivity index (χ1v) is 8.22. The summed E-state index contributed by atoms with van der Waals surface area (Å²) in [5, 5.41) is 3.49. The molecule has 5 nitrogen and oxygen atoms in total. The van der Waals surface area contributed by atoms with E-state index in [-0.39, 0.29) is 11.8 Å². The van der Waals surface area contributed by atoms with Gasteiger partial charge in [-0.05, 0) is 29.7 Å². The standard InChI is InChI=1S/C18H18ClN3O2/c19-15-6-2-1-5-14(15)12-22-16(7-8-17(22)23)18(24)21-11-13-4-3-9-20-10-13/h1-6,9-10,16H,7-8,11-12H2,(H,21,24)/t16-/m0/s1. The number of pyridine rings is 1. The second-order valence-corrected chi connectivity index (χ2v) is 6.15. The van der Waals surface area contributed by atoms with Gasteiger partial charge < -0.3 is 10.2 Å². The first-order chi connectivity index (χ1) is 11.6. The number of nitrogens with one attached hydrogen (secondary N) is 1. The Balaban J connectivity index is 1.66. The fourth-order valence-electron chi connectivity index (χ4n) is 2.82. The largest absolute Gasteiger partial charge is 0.350 e. The van der Waals surface area contributed by atoms with E-state index in [0.717, 1.165) is 11.1 Å². The minimum atomic E-state index is -0.453. The Hall–Kier alpha value is -2.40. The summed E-state index contributed by atoms with van der Waals surface area (Å²) < 4.78 is 0. The molecule has 3 rings (SSSR count). The molecule has 0 saturated carbocycles. The Morgan fingerprint density at radius 1 is 1.29 bits per heavy atom. The highest BCUT2D eigenvalue weighted by Gasteiger charge is 2.36. The smallest absolute Gasteiger partial charge is 0.243 e. The number of carbonyl (C=O) groups is 2. The molecular weight excluding hydrogens is 326 g/mol. The Morgan fingerprint density at radius 3 is 2.88 bits per heavy atom. The quantitative estimate of drug-likeness (QED) is 0.907. The lowest BCUT2D eigenvalue weighted by Gasteiger charge is -2.24. The van der Waals surface area contributed by atoms with Crippen LogP contribution in [0.4, 0.5) is 0 Å². The minimum absolute atomic E-state index is 0.0172. The Labute approximate surface area is 145 Å². The number of hydrogen-bond donors (Lipinski definition) is 1. The predicted octanol–water partition coefficient (Wildman–Crippen LogP) is 2.54. The fourth-order valence-corrected chi connectivity index (χ4v) is 3.02. The summed E-state index contributed by atoms with van der Waals surface area (Å²) in [6.07, 6.45) is 4.31. The van der Waals surface area contributed by atoms with E-state index in [2.05, 4.69) is 10.3 Å². The molecule has 1 fully saturated rings. The summed E-state index contributed by atoms with van der Waals surface area (Å²) in [5.74, 6) is -0.159. The van der Waals surface area contributed by atoms with Crippen molar-refractivity contribution < 1.29 is 9.59 Å². The van der Waals surface area contributed by atoms with Gasteiger partial charge in [0.1, 0.15) is 6.04 Å². The molecule has 0 radical (unpaired) electrons. The van der Waals surface area contributed by atoms with Crippen LogP contribution in [0.1, 0.15) is 24.0 Å². The number of halogens is 1. The molecule has 0 aliphatic carbocycles. The molecule has 0 unspecified atom stereocenters. The molecule has 2 amide bonds. The van der Waals surface area contributed by atoms with Crippen molar-refractivity contribution in [1.29, 1.82) is 0 Å². The van der Waals surface area contributed by atoms with Gasteiger partial charge in [0.05, 0.1) is 0 Å². The molecule has 1 aliphatic rings. The van der Waals surface area contributed by atoms with E-state index in [0.29, 0.717) is 31.0 Å². The zero-order valence-corrected chi connectivity index (χ0v) is 13.9. The van der Waals surface area contributed by atoms with Gasteiger partial charge in [0.25, 0.3) is 0 Å². The van der Waals surface area contributed by atoms with Gasteiger partial charge >= 0.3 is 0 Å². The van der Waals surface area contributed by atoms with Gasteiger partial charge in [-0.2, -0.15) is 0 Å². The first kappa shape index (κ1) is 16.5. The van der Waals surface area contributed by atoms with Crippen molar-refractivity contribution in [3.05, 3.63) is 64.9 Å². The van der Waals surface area contributed by atoms with Gasteiger partial charge in [-0.1, -0.05) is 35.9 Å². The summed E-state index contributed by atoms with van der Waals surface area (Å²) in [4.78, 5) is 30.3. The van der Waals surface area contributed by atoms with Crippen LogP contribution in [0.15, 0.2) is 48.8 Å². The van der Waals surface area contributed by atoms with Crippen molar-refractivity contribution in [2.45, 2.75) is 32.0 Å². The van der Waals surface area contributed by atoms with Crippen molar-refractivity contribution >= 4 is 23.4 Å². The van der Waals surface area contributed by atoms with Crippen molar-refractivity contribution in [3.8, 4) is 0 Å². The summed E-state index contributed by atoms with van der Waals surface area (Å²) in [6, 6.07) is 10.6. The van der Waals surface area contributed by atoms with E-state index in [1.807, 2.05) is 30.3 Å². The Kier molecular flexibility index (Phi) is 5.11. The van der Waals surface area contributed by atoms with Crippen LogP contribution < -0.4 is 5.32 Å². The number of likely N-dealkylation sites (tertiary alicyclic amines) is 1. The SMILES string of the molecule is O=C(NCc1cccnc1)[C@@H]1CCC(=O)N1Cc1ccccc1Cl. The second kappa shape index (κ2) is 7.45. The molecule has 1 atom stereocenters. The third-order valence-electron chi connectivity index (χ3n) is 4.12. The molecule has 1 N–H and O–H groups in total. The number of nitrogens with zero attached hydrogens (tertiary/aromatic N) is 2. The lowest BCUT2D eigenvalue weighted by molar-refractivity contribution is -0.135. The van der Waals surface area contributed by atoms with Crippen LogP contribution in [0.3, 0.4) is 0 Å². The third-order valence-corrected chi connectivity index (χ3v) is 4.49. The maximum Gasteiger partial charge on any atom is 0.243 e. The topological polar surface area (TPSA) is 62.3 Å². The number of carbonyl (C=O) groups excluding carboxylic acids is 2. The van der Waals surface area contributed by atoms with Crippen LogP contribution in [0, 0.1) is 0 Å². The molecule has 1 aromatic carbocycles. The maximum absolute atomic E-state index is 12.5. The van der Waals surface area contributed by atoms with Gasteiger partial charge in [0.2, 0.25) is 11.8 Å². The van der Waals surface area contributed by atoms with Crippen LogP contribution in [0.25, 0.3) is 0 Å². The zero-order valence-electron chi connectivity index (χ0n) is 13.1. The lowest BCUT2D eigenvalue weighted by atomic mass is 10.1. The average molecular weight is 344 g/mol. The van der Waals surface area contributed by atoms with Gasteiger partial charge in [-0.15, -0.1) is 0 Å². The highest BCUT2D eigenvalue weighted by molar-refractivity contribution is 6.31. The number of amides is 2. The van der Waals surface area contributed by atoms with E-state index in [4.69, 9.17) is 11.6 Å². The average Bonchev–Trinajstić information content (AvgIpc) is 2.96. The van der Waals surface area contributed by atoms with Gasteiger partial charge in [-0.25, -0.2) is 0 Å². The molecule has 2 heterocycles. The molecule has 2 aromatic rings. The monoisotopic (exact) mass is 343 g/mol. The van der Waals surface area contributed by atoms with Crippen molar-refractivity contribution in [2.24, 2.45) is 0 Å². The third kappa shape index (κ3) is 3.74. The molecule has 1 aliphatic heterocycles. The molecule has 0 spiro atoms. The summed E-state index contributed by atoms with van der Waals surface area (Å²) >= 11 is 6.17. The van der Waals surface area contributed by atoms with Crippen molar-refractivity contribution in [1.82, 2.24) is 15.2 Å². The lowest BCUT2D eigenvalue weighted by Crippen LogP contribution is -2.44. The molecule has 1 saturated heterocycles. The van der Waals surface area contributed by atoms with Crippen LogP contribution in [0.2, 0.25) is 5.02 Å². The molecular formula is C18H18ClN3O2. The van der Waals surface area contributed by atoms with E-state index >= 15 is 0 Å². The van der Waals surface area contributed by atoms with Crippen molar-refractivity contribution in [3.63, 3.8) is 0 Å². The van der Waals surface area contributed by atoms with Crippen LogP contribution >= 0.6 is 11.6 Å². The summed E-state index contributed by atoms with van der Waals surface area (Å²) in [7, 11) is 0. The molecule has 124 valence electrons. The predicted molar refractivity (Wildman–Crippen MR) is 91.1 cm³/mol. The highest BCUT2D eigenvalue weighted by atomic mass is 35.5. The minimum Gasteiger partial charge on any atom is -0.350 e. The van der Waals surface area contributed by atoms with Crippen LogP contribution in [-0.2, 0) is 22.7 Å². The maximum atomic E-state index is 12.5.